The number of hydrogen-bond donors (Lipinski definition) is 1. The average molecular weight is 206 g/mol. The molecule has 4 nitrogen and oxygen atoms in total. The van der Waals surface area contributed by atoms with E-state index in [9.17, 15) is 0 Å². The molecule has 2 heterocycles. The summed E-state index contributed by atoms with van der Waals surface area (Å²) in [4.78, 5) is 15.3. The Morgan fingerprint density at radius 1 is 1.43 bits per heavy atom. The first-order chi connectivity index (χ1) is 6.92. The molecule has 0 spiro atoms. The number of thioether (sulfide) groups is 1. The quantitative estimate of drug-likeness (QED) is 0.360. The van der Waals surface area contributed by atoms with Crippen LogP contribution in [0.3, 0.4) is 0 Å². The average Bonchev–Trinajstić information content (AvgIpc) is 2.67. The minimum Gasteiger partial charge on any atom is -0.341 e. The highest BCUT2D eigenvalue weighted by atomic mass is 32.2. The first kappa shape index (κ1) is 9.21. The van der Waals surface area contributed by atoms with Gasteiger partial charge < -0.3 is 4.98 Å². The molecule has 0 atom stereocenters. The molecule has 0 aromatic carbocycles. The van der Waals surface area contributed by atoms with Crippen LogP contribution in [0.1, 0.15) is 6.42 Å². The van der Waals surface area contributed by atoms with Gasteiger partial charge in [0.25, 0.3) is 0 Å². The van der Waals surface area contributed by atoms with E-state index in [0.29, 0.717) is 0 Å². The van der Waals surface area contributed by atoms with Crippen LogP contribution in [0.25, 0.3) is 11.2 Å². The van der Waals surface area contributed by atoms with Crippen molar-refractivity contribution in [3.63, 3.8) is 0 Å². The van der Waals surface area contributed by atoms with Gasteiger partial charge in [0.15, 0.2) is 5.65 Å². The number of nitrogens with zero attached hydrogens (tertiary/aromatic N) is 3. The Kier molecular flexibility index (Phi) is 2.78. The third-order valence-electron chi connectivity index (χ3n) is 1.75. The summed E-state index contributed by atoms with van der Waals surface area (Å²) in [5, 5.41) is 0.953. The van der Waals surface area contributed by atoms with Crippen molar-refractivity contribution >= 4 is 22.9 Å². The van der Waals surface area contributed by atoms with E-state index in [1.54, 1.807) is 24.4 Å². The van der Waals surface area contributed by atoms with Gasteiger partial charge in [0.1, 0.15) is 16.9 Å². The van der Waals surface area contributed by atoms with Crippen LogP contribution in [-0.2, 0) is 0 Å². The normalized spacial score (nSPS) is 10.6. The minimum atomic E-state index is 0.723. The summed E-state index contributed by atoms with van der Waals surface area (Å²) in [7, 11) is 0. The van der Waals surface area contributed by atoms with Gasteiger partial charge in [0, 0.05) is 5.75 Å². The Balaban J connectivity index is 2.23. The highest BCUT2D eigenvalue weighted by molar-refractivity contribution is 7.99. The fourth-order valence-electron chi connectivity index (χ4n) is 1.09. The molecule has 0 saturated carbocycles. The molecule has 72 valence electrons. The van der Waals surface area contributed by atoms with Crippen LogP contribution >= 0.6 is 11.8 Å². The lowest BCUT2D eigenvalue weighted by atomic mass is 10.5. The zero-order valence-corrected chi connectivity index (χ0v) is 8.42. The zero-order valence-electron chi connectivity index (χ0n) is 7.60. The summed E-state index contributed by atoms with van der Waals surface area (Å²) >= 11 is 1.69. The number of allylic oxidation sites excluding steroid dienone is 1. The summed E-state index contributed by atoms with van der Waals surface area (Å²) in [5.41, 5.74) is 1.64. The van der Waals surface area contributed by atoms with Crippen LogP contribution < -0.4 is 0 Å². The number of aromatic amines is 1. The summed E-state index contributed by atoms with van der Waals surface area (Å²) in [6, 6.07) is 0. The van der Waals surface area contributed by atoms with Gasteiger partial charge in [0.05, 0.1) is 6.33 Å². The van der Waals surface area contributed by atoms with E-state index in [0.717, 1.165) is 28.4 Å². The second-order valence-electron chi connectivity index (χ2n) is 2.71. The molecule has 0 bridgehead atoms. The van der Waals surface area contributed by atoms with Crippen molar-refractivity contribution in [2.24, 2.45) is 0 Å². The maximum atomic E-state index is 4.20. The number of hydrogen-bond acceptors (Lipinski definition) is 4. The minimum absolute atomic E-state index is 0.723. The SMILES string of the molecule is C=CCCSc1ncnc2nc[nH]c12. The number of nitrogens with one attached hydrogen (secondary N) is 1. The van der Waals surface area contributed by atoms with Gasteiger partial charge in [-0.05, 0) is 6.42 Å². The summed E-state index contributed by atoms with van der Waals surface area (Å²) in [6.07, 6.45) is 6.05. The van der Waals surface area contributed by atoms with Gasteiger partial charge >= 0.3 is 0 Å². The monoisotopic (exact) mass is 206 g/mol. The summed E-state index contributed by atoms with van der Waals surface area (Å²) in [5.74, 6) is 0.981. The Bertz CT molecular complexity index is 437. The standard InChI is InChI=1S/C9H10N4S/c1-2-3-4-14-9-7-8(11-5-10-7)12-6-13-9/h2,5-6H,1,3-4H2,(H,10,11,12,13). The third kappa shape index (κ3) is 1.77. The second kappa shape index (κ2) is 4.23. The molecule has 14 heavy (non-hydrogen) atoms. The first-order valence-electron chi connectivity index (χ1n) is 4.29. The molecule has 0 aliphatic heterocycles. The highest BCUT2D eigenvalue weighted by Gasteiger charge is 2.04. The number of aromatic nitrogens is 4. The molecule has 2 aromatic rings. The van der Waals surface area contributed by atoms with E-state index in [-0.39, 0.29) is 0 Å². The van der Waals surface area contributed by atoms with Gasteiger partial charge in [-0.2, -0.15) is 0 Å². The van der Waals surface area contributed by atoms with Crippen molar-refractivity contribution in [2.75, 3.05) is 5.75 Å². The molecule has 0 unspecified atom stereocenters. The lowest BCUT2D eigenvalue weighted by molar-refractivity contribution is 1.08. The van der Waals surface area contributed by atoms with Crippen molar-refractivity contribution in [3.8, 4) is 0 Å². The Hall–Kier alpha value is -1.36. The van der Waals surface area contributed by atoms with E-state index in [2.05, 4.69) is 26.5 Å². The molecular weight excluding hydrogens is 196 g/mol. The lowest BCUT2D eigenvalue weighted by Crippen LogP contribution is -1.86. The smallest absolute Gasteiger partial charge is 0.181 e. The molecule has 2 aromatic heterocycles. The predicted octanol–water partition coefficient (Wildman–Crippen LogP) is 2.02. The van der Waals surface area contributed by atoms with Gasteiger partial charge in [-0.3, -0.25) is 0 Å². The van der Waals surface area contributed by atoms with E-state index in [1.165, 1.54) is 0 Å². The van der Waals surface area contributed by atoms with Crippen molar-refractivity contribution in [1.29, 1.82) is 0 Å². The summed E-state index contributed by atoms with van der Waals surface area (Å²) in [6.45, 7) is 3.68. The number of fused-ring (bicyclic) bond motifs is 1. The molecule has 1 N–H and O–H groups in total. The third-order valence-corrected chi connectivity index (χ3v) is 2.77. The topological polar surface area (TPSA) is 54.5 Å². The van der Waals surface area contributed by atoms with Gasteiger partial charge in [-0.25, -0.2) is 15.0 Å². The number of imidazole rings is 1. The van der Waals surface area contributed by atoms with Crippen LogP contribution in [0, 0.1) is 0 Å². The Labute approximate surface area is 85.9 Å². The van der Waals surface area contributed by atoms with Crippen LogP contribution in [0.2, 0.25) is 0 Å². The van der Waals surface area contributed by atoms with E-state index in [4.69, 9.17) is 0 Å². The van der Waals surface area contributed by atoms with Crippen LogP contribution in [-0.4, -0.2) is 25.7 Å². The Morgan fingerprint density at radius 2 is 2.36 bits per heavy atom. The van der Waals surface area contributed by atoms with Crippen LogP contribution in [0.15, 0.2) is 30.3 Å². The largest absolute Gasteiger partial charge is 0.341 e. The van der Waals surface area contributed by atoms with Crippen molar-refractivity contribution in [2.45, 2.75) is 11.4 Å². The molecule has 0 aliphatic carbocycles. The molecule has 0 amide bonds. The van der Waals surface area contributed by atoms with E-state index in [1.807, 2.05) is 6.08 Å². The molecule has 0 fully saturated rings. The number of H-pyrrole nitrogens is 1. The lowest BCUT2D eigenvalue weighted by Gasteiger charge is -1.98. The van der Waals surface area contributed by atoms with Gasteiger partial charge in [-0.1, -0.05) is 6.08 Å². The molecule has 0 radical (unpaired) electrons. The van der Waals surface area contributed by atoms with Crippen molar-refractivity contribution in [3.05, 3.63) is 25.3 Å². The second-order valence-corrected chi connectivity index (χ2v) is 3.79. The first-order valence-corrected chi connectivity index (χ1v) is 5.28. The Morgan fingerprint density at radius 3 is 3.21 bits per heavy atom. The van der Waals surface area contributed by atoms with Crippen LogP contribution in [0.4, 0.5) is 0 Å². The van der Waals surface area contributed by atoms with E-state index < -0.39 is 0 Å². The van der Waals surface area contributed by atoms with Crippen molar-refractivity contribution < 1.29 is 0 Å². The van der Waals surface area contributed by atoms with Crippen molar-refractivity contribution in [1.82, 2.24) is 19.9 Å². The predicted molar refractivity (Wildman–Crippen MR) is 57.2 cm³/mol. The zero-order chi connectivity index (χ0) is 9.80. The molecule has 2 rings (SSSR count). The summed E-state index contributed by atoms with van der Waals surface area (Å²) < 4.78 is 0. The number of rotatable bonds is 4. The maximum absolute atomic E-state index is 4.20. The molecule has 0 saturated heterocycles. The fourth-order valence-corrected chi connectivity index (χ4v) is 1.99. The van der Waals surface area contributed by atoms with Crippen LogP contribution in [0.5, 0.6) is 0 Å². The fraction of sp³-hybridized carbons (Fsp3) is 0.222. The van der Waals surface area contributed by atoms with E-state index >= 15 is 0 Å². The highest BCUT2D eigenvalue weighted by Crippen LogP contribution is 2.21. The molecule has 5 heteroatoms. The van der Waals surface area contributed by atoms with Gasteiger partial charge in [0.2, 0.25) is 0 Å². The van der Waals surface area contributed by atoms with Gasteiger partial charge in [-0.15, -0.1) is 18.3 Å². The molecule has 0 aliphatic rings. The molecular formula is C9H10N4S. The maximum Gasteiger partial charge on any atom is 0.181 e.